The number of halogens is 1. The van der Waals surface area contributed by atoms with Crippen LogP contribution in [0.3, 0.4) is 0 Å². The monoisotopic (exact) mass is 714 g/mol. The quantitative estimate of drug-likeness (QED) is 0.0820. The Bertz CT molecular complexity index is 1610. The second-order valence-electron chi connectivity index (χ2n) is 10.4. The Morgan fingerprint density at radius 2 is 1.17 bits per heavy atom. The topological polar surface area (TPSA) is 150 Å². The number of hydrogen-bond acceptors (Lipinski definition) is 9. The van der Waals surface area contributed by atoms with Gasteiger partial charge >= 0.3 is 14.2 Å². The fourth-order valence-electron chi connectivity index (χ4n) is 4.23. The van der Waals surface area contributed by atoms with E-state index < -0.39 is 14.2 Å². The predicted molar refractivity (Wildman–Crippen MR) is 195 cm³/mol. The molecule has 0 amide bonds. The molecule has 0 spiro atoms. The van der Waals surface area contributed by atoms with E-state index >= 15 is 0 Å². The Morgan fingerprint density at radius 1 is 0.729 bits per heavy atom. The summed E-state index contributed by atoms with van der Waals surface area (Å²) in [6, 6.07) is 25.1. The van der Waals surface area contributed by atoms with Gasteiger partial charge in [0.05, 0.1) is 0 Å². The van der Waals surface area contributed by atoms with Crippen molar-refractivity contribution in [3.63, 3.8) is 0 Å². The summed E-state index contributed by atoms with van der Waals surface area (Å²) in [7, 11) is -3.00. The number of nitrogens with zero attached hydrogens (tertiary/aromatic N) is 2. The van der Waals surface area contributed by atoms with E-state index in [1.165, 1.54) is 0 Å². The third-order valence-corrected chi connectivity index (χ3v) is 7.29. The summed E-state index contributed by atoms with van der Waals surface area (Å²) in [5, 5.41) is 45.0. The Hall–Kier alpha value is -4.24. The zero-order chi connectivity index (χ0) is 35.3. The molecule has 12 heteroatoms. The summed E-state index contributed by atoms with van der Waals surface area (Å²) < 4.78 is 11.2. The minimum atomic E-state index is -1.50. The van der Waals surface area contributed by atoms with Crippen LogP contribution >= 0.6 is 15.9 Å². The highest BCUT2D eigenvalue weighted by molar-refractivity contribution is 9.10. The summed E-state index contributed by atoms with van der Waals surface area (Å²) in [5.41, 5.74) is 4.21. The van der Waals surface area contributed by atoms with Gasteiger partial charge in [-0.15, -0.1) is 12.3 Å². The summed E-state index contributed by atoms with van der Waals surface area (Å²) >= 11 is 3.23. The van der Waals surface area contributed by atoms with Crippen molar-refractivity contribution in [3.8, 4) is 34.9 Å². The van der Waals surface area contributed by atoms with Crippen molar-refractivity contribution in [2.45, 2.75) is 59.3 Å². The van der Waals surface area contributed by atoms with Crippen LogP contribution in [-0.4, -0.2) is 50.9 Å². The first-order chi connectivity index (χ1) is 23.2. The van der Waals surface area contributed by atoms with Gasteiger partial charge in [-0.1, -0.05) is 114 Å². The first-order valence-electron chi connectivity index (χ1n) is 15.7. The zero-order valence-electron chi connectivity index (χ0n) is 27.4. The van der Waals surface area contributed by atoms with E-state index in [9.17, 15) is 24.9 Å². The maximum atomic E-state index is 10.2. The molecular formula is C36H41B2BrN2O7. The smallest absolute Gasteiger partial charge is 0.423 e. The van der Waals surface area contributed by atoms with E-state index in [4.69, 9.17) is 15.5 Å². The van der Waals surface area contributed by atoms with E-state index in [-0.39, 0.29) is 0 Å². The molecule has 0 aliphatic rings. The van der Waals surface area contributed by atoms with Crippen LogP contribution < -0.4 is 10.9 Å². The third kappa shape index (κ3) is 13.1. The number of carbonyl (C=O) groups is 1. The van der Waals surface area contributed by atoms with Gasteiger partial charge in [0, 0.05) is 52.6 Å². The standard InChI is InChI=1S/2C12H14BNO3.C7H5BrO.C5H8/c2*1-2-5-9-8-12(14-17-9)10-6-3-4-7-11(10)13(15)16;8-7-4-2-1-3-6(7)5-9;1-3-5-4-2/h2*3-4,6-8,15-16H,2,5H2,1H3;1-5H;1H,4-5H2,2H3. The Morgan fingerprint density at radius 3 is 1.50 bits per heavy atom. The number of aryl methyl sites for hydroxylation is 2. The molecule has 0 bridgehead atoms. The molecular weight excluding hydrogens is 674 g/mol. The van der Waals surface area contributed by atoms with E-state index in [0.717, 1.165) is 60.8 Å². The maximum Gasteiger partial charge on any atom is 0.489 e. The molecule has 0 fully saturated rings. The van der Waals surface area contributed by atoms with Crippen LogP contribution in [0.4, 0.5) is 0 Å². The molecule has 2 heterocycles. The van der Waals surface area contributed by atoms with Crippen LogP contribution in [-0.2, 0) is 12.8 Å². The molecule has 0 saturated carbocycles. The summed E-state index contributed by atoms with van der Waals surface area (Å²) in [6.07, 6.45) is 11.4. The molecule has 0 unspecified atom stereocenters. The molecule has 2 aromatic heterocycles. The third-order valence-electron chi connectivity index (χ3n) is 6.57. The van der Waals surface area contributed by atoms with E-state index in [1.807, 2.05) is 42.5 Å². The van der Waals surface area contributed by atoms with Gasteiger partial charge in [-0.05, 0) is 36.3 Å². The van der Waals surface area contributed by atoms with Crippen molar-refractivity contribution in [2.24, 2.45) is 0 Å². The Balaban J connectivity index is 0.000000243. The van der Waals surface area contributed by atoms with Crippen molar-refractivity contribution in [3.05, 3.63) is 106 Å². The zero-order valence-corrected chi connectivity index (χ0v) is 29.0. The molecule has 5 rings (SSSR count). The summed E-state index contributed by atoms with van der Waals surface area (Å²) in [5.74, 6) is 4.14. The number of aldehydes is 1. The van der Waals surface area contributed by atoms with Crippen molar-refractivity contribution in [1.82, 2.24) is 10.3 Å². The number of rotatable bonds is 10. The molecule has 0 aliphatic carbocycles. The number of carbonyl (C=O) groups excluding carboxylic acids is 1. The van der Waals surface area contributed by atoms with Crippen LogP contribution in [0.1, 0.15) is 68.3 Å². The fourth-order valence-corrected chi connectivity index (χ4v) is 4.61. The minimum Gasteiger partial charge on any atom is -0.423 e. The Kier molecular flexibility index (Phi) is 18.6. The summed E-state index contributed by atoms with van der Waals surface area (Å²) in [6.45, 7) is 6.20. The van der Waals surface area contributed by atoms with Crippen LogP contribution in [0.2, 0.25) is 0 Å². The van der Waals surface area contributed by atoms with Crippen molar-refractivity contribution >= 4 is 47.4 Å². The van der Waals surface area contributed by atoms with Gasteiger partial charge in [0.1, 0.15) is 22.9 Å². The first kappa shape index (κ1) is 39.9. The van der Waals surface area contributed by atoms with Gasteiger partial charge in [-0.2, -0.15) is 0 Å². The average molecular weight is 715 g/mol. The van der Waals surface area contributed by atoms with Gasteiger partial charge in [-0.3, -0.25) is 4.79 Å². The van der Waals surface area contributed by atoms with E-state index in [1.54, 1.807) is 42.5 Å². The van der Waals surface area contributed by atoms with Gasteiger partial charge < -0.3 is 29.1 Å². The summed E-state index contributed by atoms with van der Waals surface area (Å²) in [4.78, 5) is 10.2. The van der Waals surface area contributed by atoms with Crippen LogP contribution in [0.5, 0.6) is 0 Å². The lowest BCUT2D eigenvalue weighted by Crippen LogP contribution is -2.31. The second-order valence-corrected chi connectivity index (χ2v) is 11.2. The minimum absolute atomic E-state index is 0.434. The highest BCUT2D eigenvalue weighted by Gasteiger charge is 2.19. The highest BCUT2D eigenvalue weighted by atomic mass is 79.9. The highest BCUT2D eigenvalue weighted by Crippen LogP contribution is 2.19. The predicted octanol–water partition coefficient (Wildman–Crippen LogP) is 5.63. The first-order valence-corrected chi connectivity index (χ1v) is 16.4. The lowest BCUT2D eigenvalue weighted by molar-refractivity contribution is 0.112. The number of terminal acetylenes is 1. The molecule has 5 aromatic rings. The van der Waals surface area contributed by atoms with Crippen molar-refractivity contribution in [1.29, 1.82) is 0 Å². The number of aromatic nitrogens is 2. The lowest BCUT2D eigenvalue weighted by Gasteiger charge is -2.04. The molecule has 4 N–H and O–H groups in total. The molecule has 0 aliphatic heterocycles. The molecule has 9 nitrogen and oxygen atoms in total. The van der Waals surface area contributed by atoms with Crippen molar-refractivity contribution < 1.29 is 33.9 Å². The largest absolute Gasteiger partial charge is 0.489 e. The molecule has 0 atom stereocenters. The molecule has 3 aromatic carbocycles. The lowest BCUT2D eigenvalue weighted by atomic mass is 9.76. The maximum absolute atomic E-state index is 10.2. The number of hydrogen-bond donors (Lipinski definition) is 4. The molecule has 0 saturated heterocycles. The van der Waals surface area contributed by atoms with Crippen LogP contribution in [0.15, 0.2) is 98.4 Å². The second kappa shape index (κ2) is 22.4. The van der Waals surface area contributed by atoms with Crippen LogP contribution in [0, 0.1) is 12.3 Å². The Labute approximate surface area is 291 Å². The normalized spacial score (nSPS) is 9.81. The van der Waals surface area contributed by atoms with Gasteiger partial charge in [0.25, 0.3) is 0 Å². The van der Waals surface area contributed by atoms with E-state index in [2.05, 4.69) is 52.9 Å². The SMILES string of the molecule is C#CCCC.CCCc1cc(-c2ccccc2B(O)O)no1.CCCc1cc(-c2ccccc2B(O)O)no1.O=Cc1ccccc1Br. The van der Waals surface area contributed by atoms with Gasteiger partial charge in [0.2, 0.25) is 0 Å². The molecule has 250 valence electrons. The van der Waals surface area contributed by atoms with Gasteiger partial charge in [-0.25, -0.2) is 0 Å². The number of benzene rings is 3. The number of unbranched alkanes of at least 4 members (excludes halogenated alkanes) is 1. The molecule has 0 radical (unpaired) electrons. The van der Waals surface area contributed by atoms with Crippen molar-refractivity contribution in [2.75, 3.05) is 0 Å². The fraction of sp³-hybridized carbons (Fsp3) is 0.250. The average Bonchev–Trinajstić information content (AvgIpc) is 3.77. The molecule has 48 heavy (non-hydrogen) atoms. The van der Waals surface area contributed by atoms with Gasteiger partial charge in [0.15, 0.2) is 6.29 Å². The van der Waals surface area contributed by atoms with Crippen LogP contribution in [0.25, 0.3) is 22.5 Å². The van der Waals surface area contributed by atoms with E-state index in [0.29, 0.717) is 39.0 Å².